The first-order valence-corrected chi connectivity index (χ1v) is 7.87. The van der Waals surface area contributed by atoms with Gasteiger partial charge < -0.3 is 19.6 Å². The summed E-state index contributed by atoms with van der Waals surface area (Å²) >= 11 is 0. The van der Waals surface area contributed by atoms with Crippen LogP contribution in [0.3, 0.4) is 0 Å². The average molecular weight is 302 g/mol. The van der Waals surface area contributed by atoms with Crippen LogP contribution in [-0.2, 0) is 6.42 Å². The number of aromatic nitrogens is 2. The second-order valence-corrected chi connectivity index (χ2v) is 5.67. The van der Waals surface area contributed by atoms with E-state index in [2.05, 4.69) is 15.3 Å². The Morgan fingerprint density at radius 3 is 3.27 bits per heavy atom. The zero-order chi connectivity index (χ0) is 15.2. The third kappa shape index (κ3) is 3.69. The van der Waals surface area contributed by atoms with Crippen LogP contribution in [-0.4, -0.2) is 40.5 Å². The number of imidazole rings is 1. The molecule has 0 aliphatic carbocycles. The maximum absolute atomic E-state index is 12.2. The van der Waals surface area contributed by atoms with Crippen LogP contribution in [0.2, 0.25) is 0 Å². The van der Waals surface area contributed by atoms with Gasteiger partial charge in [-0.15, -0.1) is 0 Å². The number of aryl methyl sites for hydroxylation is 1. The number of nitrogens with zero attached hydrogens (tertiary/aromatic N) is 2. The topological polar surface area (TPSA) is 74.2 Å². The number of carbonyl (C=O) groups is 1. The average Bonchev–Trinajstić information content (AvgIpc) is 3.24. The summed E-state index contributed by atoms with van der Waals surface area (Å²) in [7, 11) is 0. The molecule has 0 bridgehead atoms. The Balaban J connectivity index is 1.41. The number of urea groups is 1. The van der Waals surface area contributed by atoms with Gasteiger partial charge in [-0.3, -0.25) is 0 Å². The van der Waals surface area contributed by atoms with E-state index in [1.165, 1.54) is 0 Å². The van der Waals surface area contributed by atoms with Crippen LogP contribution in [0.15, 0.2) is 35.2 Å². The Kier molecular flexibility index (Phi) is 4.78. The molecule has 1 saturated heterocycles. The van der Waals surface area contributed by atoms with E-state index < -0.39 is 0 Å². The quantitative estimate of drug-likeness (QED) is 0.833. The van der Waals surface area contributed by atoms with Crippen LogP contribution in [0.25, 0.3) is 0 Å². The number of H-pyrrole nitrogens is 1. The lowest BCUT2D eigenvalue weighted by molar-refractivity contribution is 0.178. The van der Waals surface area contributed by atoms with Gasteiger partial charge in [0.25, 0.3) is 0 Å². The van der Waals surface area contributed by atoms with Crippen molar-refractivity contribution in [1.29, 1.82) is 0 Å². The molecular formula is C16H22N4O2. The Morgan fingerprint density at radius 2 is 2.50 bits per heavy atom. The summed E-state index contributed by atoms with van der Waals surface area (Å²) in [6.45, 7) is 2.22. The summed E-state index contributed by atoms with van der Waals surface area (Å²) in [4.78, 5) is 21.6. The Morgan fingerprint density at radius 1 is 1.55 bits per heavy atom. The molecule has 118 valence electrons. The highest BCUT2D eigenvalue weighted by molar-refractivity contribution is 5.74. The smallest absolute Gasteiger partial charge is 0.317 e. The maximum Gasteiger partial charge on any atom is 0.317 e. The molecule has 6 heteroatoms. The summed E-state index contributed by atoms with van der Waals surface area (Å²) in [6.07, 6.45) is 9.11. The molecule has 0 radical (unpaired) electrons. The predicted molar refractivity (Wildman–Crippen MR) is 82.6 cm³/mol. The molecule has 1 fully saturated rings. The molecule has 2 N–H and O–H groups in total. The first-order valence-electron chi connectivity index (χ1n) is 7.87. The number of aromatic amines is 1. The van der Waals surface area contributed by atoms with E-state index in [0.717, 1.165) is 50.4 Å². The van der Waals surface area contributed by atoms with E-state index >= 15 is 0 Å². The monoisotopic (exact) mass is 302 g/mol. The van der Waals surface area contributed by atoms with Gasteiger partial charge in [-0.2, -0.15) is 0 Å². The van der Waals surface area contributed by atoms with Gasteiger partial charge in [-0.05, 0) is 31.4 Å². The fourth-order valence-electron chi connectivity index (χ4n) is 2.91. The summed E-state index contributed by atoms with van der Waals surface area (Å²) in [5, 5.41) is 3.00. The van der Waals surface area contributed by atoms with Crippen LogP contribution in [0.5, 0.6) is 0 Å². The Labute approximate surface area is 129 Å². The first kappa shape index (κ1) is 14.7. The number of likely N-dealkylation sites (tertiary alicyclic amines) is 1. The number of rotatable bonds is 5. The van der Waals surface area contributed by atoms with Gasteiger partial charge in [0.1, 0.15) is 11.6 Å². The Hall–Kier alpha value is -2.24. The maximum atomic E-state index is 12.2. The molecule has 2 aromatic heterocycles. The van der Waals surface area contributed by atoms with Crippen molar-refractivity contribution < 1.29 is 9.21 Å². The van der Waals surface area contributed by atoms with Crippen LogP contribution in [0, 0.1) is 0 Å². The molecule has 0 unspecified atom stereocenters. The van der Waals surface area contributed by atoms with Crippen LogP contribution in [0.4, 0.5) is 4.79 Å². The lowest BCUT2D eigenvalue weighted by Gasteiger charge is -2.31. The lowest BCUT2D eigenvalue weighted by Crippen LogP contribution is -2.45. The van der Waals surface area contributed by atoms with Gasteiger partial charge in [0.05, 0.1) is 6.26 Å². The number of nitrogens with one attached hydrogen (secondary N) is 2. The molecular weight excluding hydrogens is 280 g/mol. The van der Waals surface area contributed by atoms with E-state index in [1.807, 2.05) is 23.2 Å². The summed E-state index contributed by atoms with van der Waals surface area (Å²) in [5.74, 6) is 2.26. The van der Waals surface area contributed by atoms with Crippen molar-refractivity contribution in [2.24, 2.45) is 0 Å². The van der Waals surface area contributed by atoms with Crippen molar-refractivity contribution in [3.05, 3.63) is 42.4 Å². The van der Waals surface area contributed by atoms with Crippen molar-refractivity contribution in [1.82, 2.24) is 20.2 Å². The minimum absolute atomic E-state index is 0.0238. The van der Waals surface area contributed by atoms with Gasteiger partial charge in [-0.25, -0.2) is 9.78 Å². The molecule has 3 heterocycles. The zero-order valence-corrected chi connectivity index (χ0v) is 12.6. The highest BCUT2D eigenvalue weighted by Gasteiger charge is 2.25. The number of piperidine rings is 1. The summed E-state index contributed by atoms with van der Waals surface area (Å²) < 4.78 is 5.28. The fraction of sp³-hybridized carbons (Fsp3) is 0.500. The number of carbonyl (C=O) groups excluding carboxylic acids is 1. The molecule has 1 aliphatic rings. The van der Waals surface area contributed by atoms with E-state index in [-0.39, 0.29) is 6.03 Å². The fourth-order valence-corrected chi connectivity index (χ4v) is 2.91. The molecule has 2 amide bonds. The molecule has 1 atom stereocenters. The van der Waals surface area contributed by atoms with Crippen molar-refractivity contribution in [3.8, 4) is 0 Å². The number of furan rings is 1. The van der Waals surface area contributed by atoms with E-state index in [0.29, 0.717) is 12.5 Å². The van der Waals surface area contributed by atoms with Crippen LogP contribution >= 0.6 is 0 Å². The third-order valence-corrected chi connectivity index (χ3v) is 4.07. The number of hydrogen-bond donors (Lipinski definition) is 2. The molecule has 0 aromatic carbocycles. The van der Waals surface area contributed by atoms with Crippen LogP contribution in [0.1, 0.15) is 36.8 Å². The largest absolute Gasteiger partial charge is 0.469 e. The van der Waals surface area contributed by atoms with E-state index in [9.17, 15) is 4.79 Å². The molecule has 0 saturated carbocycles. The molecule has 0 spiro atoms. The third-order valence-electron chi connectivity index (χ3n) is 4.07. The molecule has 2 aromatic rings. The normalized spacial score (nSPS) is 18.4. The Bertz CT molecular complexity index is 565. The van der Waals surface area contributed by atoms with E-state index in [4.69, 9.17) is 4.42 Å². The minimum atomic E-state index is 0.0238. The second-order valence-electron chi connectivity index (χ2n) is 5.67. The standard InChI is InChI=1S/C16H22N4O2/c21-16(19-7-1-5-14-6-3-11-22-14)20-10-2-4-13(12-20)15-17-8-9-18-15/h3,6,8-9,11,13H,1-2,4-5,7,10,12H2,(H,17,18)(H,19,21)/t13-/m1/s1. The van der Waals surface area contributed by atoms with Gasteiger partial charge in [0.2, 0.25) is 0 Å². The van der Waals surface area contributed by atoms with Gasteiger partial charge in [-0.1, -0.05) is 0 Å². The highest BCUT2D eigenvalue weighted by atomic mass is 16.3. The van der Waals surface area contributed by atoms with Gasteiger partial charge in [0, 0.05) is 44.4 Å². The van der Waals surface area contributed by atoms with Crippen molar-refractivity contribution >= 4 is 6.03 Å². The van der Waals surface area contributed by atoms with Gasteiger partial charge >= 0.3 is 6.03 Å². The van der Waals surface area contributed by atoms with Crippen molar-refractivity contribution in [2.75, 3.05) is 19.6 Å². The SMILES string of the molecule is O=C(NCCCc1ccco1)N1CCC[C@@H](c2ncc[nH]2)C1. The van der Waals surface area contributed by atoms with Crippen molar-refractivity contribution in [2.45, 2.75) is 31.6 Å². The first-order chi connectivity index (χ1) is 10.8. The number of amides is 2. The number of hydrogen-bond acceptors (Lipinski definition) is 3. The predicted octanol–water partition coefficient (Wildman–Crippen LogP) is 2.52. The zero-order valence-electron chi connectivity index (χ0n) is 12.6. The summed E-state index contributed by atoms with van der Waals surface area (Å²) in [6, 6.07) is 3.87. The molecule has 1 aliphatic heterocycles. The second kappa shape index (κ2) is 7.15. The molecule has 22 heavy (non-hydrogen) atoms. The summed E-state index contributed by atoms with van der Waals surface area (Å²) in [5.41, 5.74) is 0. The highest BCUT2D eigenvalue weighted by Crippen LogP contribution is 2.24. The lowest BCUT2D eigenvalue weighted by atomic mass is 9.98. The van der Waals surface area contributed by atoms with Crippen molar-refractivity contribution in [3.63, 3.8) is 0 Å². The van der Waals surface area contributed by atoms with E-state index in [1.54, 1.807) is 12.5 Å². The molecule has 3 rings (SSSR count). The van der Waals surface area contributed by atoms with Crippen LogP contribution < -0.4 is 5.32 Å². The van der Waals surface area contributed by atoms with Gasteiger partial charge in [0.15, 0.2) is 0 Å². The minimum Gasteiger partial charge on any atom is -0.469 e. The molecule has 6 nitrogen and oxygen atoms in total.